The second-order valence-electron chi connectivity index (χ2n) is 5.73. The van der Waals surface area contributed by atoms with Crippen molar-refractivity contribution in [1.29, 1.82) is 0 Å². The van der Waals surface area contributed by atoms with Crippen LogP contribution in [0.1, 0.15) is 18.1 Å². The molecule has 2 aromatic carbocycles. The van der Waals surface area contributed by atoms with Gasteiger partial charge in [-0.2, -0.15) is 0 Å². The number of carbonyl (C=O) groups is 1. The SMILES string of the molecule is CCc1ccc2nc(NC(=O)[C@H]3Cc4cc(Cl)ccc4O3)sc2c1. The highest BCUT2D eigenvalue weighted by Gasteiger charge is 2.29. The molecule has 0 saturated carbocycles. The smallest absolute Gasteiger partial charge is 0.267 e. The molecule has 4 rings (SSSR count). The van der Waals surface area contributed by atoms with E-state index < -0.39 is 6.10 Å². The average Bonchev–Trinajstić information content (AvgIpc) is 3.16. The first-order valence-corrected chi connectivity index (χ1v) is 8.97. The molecule has 1 atom stereocenters. The van der Waals surface area contributed by atoms with Crippen molar-refractivity contribution < 1.29 is 9.53 Å². The molecule has 4 nitrogen and oxygen atoms in total. The van der Waals surface area contributed by atoms with Gasteiger partial charge in [-0.05, 0) is 47.9 Å². The predicted octanol–water partition coefficient (Wildman–Crippen LogP) is 4.45. The van der Waals surface area contributed by atoms with Gasteiger partial charge in [0.15, 0.2) is 11.2 Å². The lowest BCUT2D eigenvalue weighted by Gasteiger charge is -2.09. The summed E-state index contributed by atoms with van der Waals surface area (Å²) < 4.78 is 6.79. The molecule has 0 bridgehead atoms. The fraction of sp³-hybridized carbons (Fsp3) is 0.222. The zero-order valence-electron chi connectivity index (χ0n) is 13.0. The maximum Gasteiger partial charge on any atom is 0.267 e. The number of amides is 1. The second-order valence-corrected chi connectivity index (χ2v) is 7.19. The van der Waals surface area contributed by atoms with Crippen molar-refractivity contribution >= 4 is 44.2 Å². The minimum atomic E-state index is -0.545. The van der Waals surface area contributed by atoms with Gasteiger partial charge < -0.3 is 4.74 Å². The first-order valence-electron chi connectivity index (χ1n) is 7.78. The fourth-order valence-corrected chi connectivity index (χ4v) is 3.92. The van der Waals surface area contributed by atoms with Gasteiger partial charge in [-0.25, -0.2) is 4.98 Å². The first-order chi connectivity index (χ1) is 11.6. The number of rotatable bonds is 3. The van der Waals surface area contributed by atoms with Gasteiger partial charge in [0, 0.05) is 11.4 Å². The Hall–Kier alpha value is -2.11. The molecular weight excluding hydrogens is 344 g/mol. The molecule has 0 spiro atoms. The van der Waals surface area contributed by atoms with Crippen molar-refractivity contribution in [2.45, 2.75) is 25.9 Å². The summed E-state index contributed by atoms with van der Waals surface area (Å²) in [5.41, 5.74) is 3.12. The van der Waals surface area contributed by atoms with E-state index in [1.165, 1.54) is 16.9 Å². The van der Waals surface area contributed by atoms with E-state index in [-0.39, 0.29) is 5.91 Å². The maximum absolute atomic E-state index is 12.5. The Labute approximate surface area is 148 Å². The van der Waals surface area contributed by atoms with Crippen LogP contribution in [0.4, 0.5) is 5.13 Å². The molecule has 1 aromatic heterocycles. The van der Waals surface area contributed by atoms with Gasteiger partial charge in [-0.1, -0.05) is 35.9 Å². The lowest BCUT2D eigenvalue weighted by Crippen LogP contribution is -2.31. The molecule has 1 aliphatic heterocycles. The van der Waals surface area contributed by atoms with E-state index in [2.05, 4.69) is 29.4 Å². The number of benzene rings is 2. The molecule has 24 heavy (non-hydrogen) atoms. The molecule has 1 amide bonds. The highest BCUT2D eigenvalue weighted by molar-refractivity contribution is 7.22. The number of halogens is 1. The Morgan fingerprint density at radius 2 is 2.25 bits per heavy atom. The third-order valence-corrected chi connectivity index (χ3v) is 5.25. The number of carbonyl (C=O) groups excluding carboxylic acids is 1. The van der Waals surface area contributed by atoms with E-state index in [1.54, 1.807) is 12.1 Å². The molecule has 0 unspecified atom stereocenters. The molecule has 3 aromatic rings. The number of thiazole rings is 1. The Kier molecular flexibility index (Phi) is 3.90. The standard InChI is InChI=1S/C18H15ClN2O2S/c1-2-10-3-5-13-16(7-10)24-18(20-13)21-17(22)15-9-11-8-12(19)4-6-14(11)23-15/h3-8,15H,2,9H2,1H3,(H,20,21,22)/t15-/m1/s1. The van der Waals surface area contributed by atoms with E-state index in [1.807, 2.05) is 12.1 Å². The normalized spacial score (nSPS) is 16.0. The van der Waals surface area contributed by atoms with Crippen LogP contribution in [0, 0.1) is 0 Å². The van der Waals surface area contributed by atoms with E-state index in [4.69, 9.17) is 16.3 Å². The molecule has 6 heteroatoms. The molecule has 0 fully saturated rings. The van der Waals surface area contributed by atoms with Crippen molar-refractivity contribution in [1.82, 2.24) is 4.98 Å². The molecule has 0 aliphatic carbocycles. The minimum Gasteiger partial charge on any atom is -0.480 e. The third kappa shape index (κ3) is 2.85. The van der Waals surface area contributed by atoms with Crippen LogP contribution in [0.3, 0.4) is 0 Å². The van der Waals surface area contributed by atoms with Crippen molar-refractivity contribution in [3.05, 3.63) is 52.5 Å². The lowest BCUT2D eigenvalue weighted by molar-refractivity contribution is -0.122. The minimum absolute atomic E-state index is 0.183. The van der Waals surface area contributed by atoms with Crippen LogP contribution in [-0.4, -0.2) is 17.0 Å². The predicted molar refractivity (Wildman–Crippen MR) is 97.2 cm³/mol. The van der Waals surface area contributed by atoms with Crippen molar-refractivity contribution in [2.24, 2.45) is 0 Å². The van der Waals surface area contributed by atoms with Gasteiger partial charge in [0.1, 0.15) is 5.75 Å². The third-order valence-electron chi connectivity index (χ3n) is 4.08. The number of aryl methyl sites for hydroxylation is 1. The maximum atomic E-state index is 12.5. The van der Waals surface area contributed by atoms with Gasteiger partial charge in [-0.15, -0.1) is 0 Å². The van der Waals surface area contributed by atoms with Crippen molar-refractivity contribution in [3.63, 3.8) is 0 Å². The molecule has 0 radical (unpaired) electrons. The molecule has 1 N–H and O–H groups in total. The summed E-state index contributed by atoms with van der Waals surface area (Å²) in [5, 5.41) is 4.12. The van der Waals surface area contributed by atoms with Crippen molar-refractivity contribution in [3.8, 4) is 5.75 Å². The molecule has 0 saturated heterocycles. The Balaban J connectivity index is 1.50. The lowest BCUT2D eigenvalue weighted by atomic mass is 10.1. The number of ether oxygens (including phenoxy) is 1. The Morgan fingerprint density at radius 1 is 1.38 bits per heavy atom. The van der Waals surface area contributed by atoms with Crippen LogP contribution in [-0.2, 0) is 17.6 Å². The van der Waals surface area contributed by atoms with Crippen LogP contribution in [0.2, 0.25) is 5.02 Å². The van der Waals surface area contributed by atoms with Crippen LogP contribution in [0.5, 0.6) is 5.75 Å². The van der Waals surface area contributed by atoms with E-state index in [9.17, 15) is 4.79 Å². The Bertz CT molecular complexity index is 938. The average molecular weight is 359 g/mol. The molecule has 2 heterocycles. The quantitative estimate of drug-likeness (QED) is 0.752. The van der Waals surface area contributed by atoms with Gasteiger partial charge in [0.05, 0.1) is 10.2 Å². The van der Waals surface area contributed by atoms with E-state index >= 15 is 0 Å². The number of fused-ring (bicyclic) bond motifs is 2. The molecule has 1 aliphatic rings. The van der Waals surface area contributed by atoms with Crippen LogP contribution >= 0.6 is 22.9 Å². The van der Waals surface area contributed by atoms with Crippen LogP contribution in [0.15, 0.2) is 36.4 Å². The fourth-order valence-electron chi connectivity index (χ4n) is 2.79. The molecule has 122 valence electrons. The number of anilines is 1. The Morgan fingerprint density at radius 3 is 3.08 bits per heavy atom. The van der Waals surface area contributed by atoms with Gasteiger partial charge in [-0.3, -0.25) is 10.1 Å². The highest BCUT2D eigenvalue weighted by atomic mass is 35.5. The van der Waals surface area contributed by atoms with E-state index in [0.29, 0.717) is 16.6 Å². The van der Waals surface area contributed by atoms with Gasteiger partial charge in [0.2, 0.25) is 0 Å². The van der Waals surface area contributed by atoms with Crippen LogP contribution in [0.25, 0.3) is 10.2 Å². The van der Waals surface area contributed by atoms with Crippen LogP contribution < -0.4 is 10.1 Å². The summed E-state index contributed by atoms with van der Waals surface area (Å²) in [6, 6.07) is 11.6. The molecular formula is C18H15ClN2O2S. The largest absolute Gasteiger partial charge is 0.480 e. The number of hydrogen-bond acceptors (Lipinski definition) is 4. The second kappa shape index (κ2) is 6.07. The van der Waals surface area contributed by atoms with Gasteiger partial charge in [0.25, 0.3) is 5.91 Å². The summed E-state index contributed by atoms with van der Waals surface area (Å²) >= 11 is 7.47. The zero-order chi connectivity index (χ0) is 16.7. The van der Waals surface area contributed by atoms with E-state index in [0.717, 1.165) is 28.0 Å². The topological polar surface area (TPSA) is 51.2 Å². The zero-order valence-corrected chi connectivity index (χ0v) is 14.6. The summed E-state index contributed by atoms with van der Waals surface area (Å²) in [4.78, 5) is 16.9. The number of nitrogens with one attached hydrogen (secondary N) is 1. The first kappa shape index (κ1) is 15.4. The highest BCUT2D eigenvalue weighted by Crippen LogP contribution is 2.32. The summed E-state index contributed by atoms with van der Waals surface area (Å²) in [5.74, 6) is 0.536. The van der Waals surface area contributed by atoms with Crippen molar-refractivity contribution in [2.75, 3.05) is 5.32 Å². The number of aromatic nitrogens is 1. The number of hydrogen-bond donors (Lipinski definition) is 1. The summed E-state index contributed by atoms with van der Waals surface area (Å²) in [7, 11) is 0. The summed E-state index contributed by atoms with van der Waals surface area (Å²) in [6.45, 7) is 2.12. The summed E-state index contributed by atoms with van der Waals surface area (Å²) in [6.07, 6.45) is 0.954. The monoisotopic (exact) mass is 358 g/mol. The number of nitrogens with zero attached hydrogens (tertiary/aromatic N) is 1. The van der Waals surface area contributed by atoms with Gasteiger partial charge >= 0.3 is 0 Å².